The molecule has 2 amide bonds. The molecule has 5 nitrogen and oxygen atoms in total. The number of halogens is 3. The lowest BCUT2D eigenvalue weighted by Crippen LogP contribution is -2.30. The summed E-state index contributed by atoms with van der Waals surface area (Å²) in [7, 11) is 0. The van der Waals surface area contributed by atoms with Gasteiger partial charge in [0.05, 0.1) is 17.0 Å². The molecule has 0 aliphatic rings. The number of rotatable bonds is 7. The Morgan fingerprint density at radius 1 is 0.944 bits per heavy atom. The van der Waals surface area contributed by atoms with E-state index in [4.69, 9.17) is 4.98 Å². The fourth-order valence-electron chi connectivity index (χ4n) is 3.53. The molecule has 0 atom stereocenters. The number of nitrogens with one attached hydrogen (secondary N) is 3. The average Bonchev–Trinajstić information content (AvgIpc) is 3.26. The van der Waals surface area contributed by atoms with Gasteiger partial charge in [0.15, 0.2) is 5.16 Å². The lowest BCUT2D eigenvalue weighted by Gasteiger charge is -2.10. The van der Waals surface area contributed by atoms with Crippen molar-refractivity contribution < 1.29 is 18.0 Å². The first-order chi connectivity index (χ1) is 17.2. The molecule has 4 rings (SSSR count). The number of carbonyl (C=O) groups is 1. The summed E-state index contributed by atoms with van der Waals surface area (Å²) in [6.45, 7) is 4.37. The lowest BCUT2D eigenvalue weighted by atomic mass is 10.0. The highest BCUT2D eigenvalue weighted by Crippen LogP contribution is 2.33. The highest BCUT2D eigenvalue weighted by Gasteiger charge is 2.30. The van der Waals surface area contributed by atoms with Gasteiger partial charge in [-0.3, -0.25) is 0 Å². The smallest absolute Gasteiger partial charge is 0.337 e. The number of aryl methyl sites for hydroxylation is 2. The largest absolute Gasteiger partial charge is 0.416 e. The van der Waals surface area contributed by atoms with E-state index in [-0.39, 0.29) is 5.69 Å². The molecule has 0 bridgehead atoms. The molecule has 0 aliphatic heterocycles. The van der Waals surface area contributed by atoms with Crippen LogP contribution in [0.2, 0.25) is 0 Å². The van der Waals surface area contributed by atoms with Gasteiger partial charge in [0.1, 0.15) is 0 Å². The third-order valence-corrected chi connectivity index (χ3v) is 6.30. The Morgan fingerprint density at radius 3 is 2.22 bits per heavy atom. The number of nitrogens with zero attached hydrogens (tertiary/aromatic N) is 1. The Hall–Kier alpha value is -3.72. The number of hydrogen-bond acceptors (Lipinski definition) is 3. The number of thioether (sulfide) groups is 1. The predicted molar refractivity (Wildman–Crippen MR) is 138 cm³/mol. The maximum Gasteiger partial charge on any atom is 0.416 e. The van der Waals surface area contributed by atoms with E-state index in [2.05, 4.69) is 39.9 Å². The summed E-state index contributed by atoms with van der Waals surface area (Å²) in [6, 6.07) is 20.3. The first-order valence-electron chi connectivity index (χ1n) is 11.3. The summed E-state index contributed by atoms with van der Waals surface area (Å²) < 4.78 is 38.6. The molecule has 0 aliphatic carbocycles. The first-order valence-corrected chi connectivity index (χ1v) is 12.3. The Labute approximate surface area is 211 Å². The second kappa shape index (κ2) is 10.9. The number of carbonyl (C=O) groups excluding carboxylic acids is 1. The van der Waals surface area contributed by atoms with Gasteiger partial charge in [-0.25, -0.2) is 9.78 Å². The molecule has 0 saturated heterocycles. The summed E-state index contributed by atoms with van der Waals surface area (Å²) in [5.74, 6) is 0.518. The average molecular weight is 511 g/mol. The normalized spacial score (nSPS) is 11.4. The zero-order valence-electron chi connectivity index (χ0n) is 19.7. The summed E-state index contributed by atoms with van der Waals surface area (Å²) >= 11 is 1.45. The van der Waals surface area contributed by atoms with Gasteiger partial charge in [-0.15, -0.1) is 0 Å². The van der Waals surface area contributed by atoms with Crippen LogP contribution in [0.15, 0.2) is 78.0 Å². The van der Waals surface area contributed by atoms with Crippen LogP contribution in [0.1, 0.15) is 16.7 Å². The lowest BCUT2D eigenvalue weighted by molar-refractivity contribution is -0.137. The van der Waals surface area contributed by atoms with E-state index in [1.165, 1.54) is 29.5 Å². The molecule has 3 N–H and O–H groups in total. The van der Waals surface area contributed by atoms with Crippen molar-refractivity contribution in [2.24, 2.45) is 0 Å². The maximum absolute atomic E-state index is 12.9. The van der Waals surface area contributed by atoms with Gasteiger partial charge in [-0.05, 0) is 32.0 Å². The molecular formula is C27H25F3N4OS. The molecule has 0 spiro atoms. The van der Waals surface area contributed by atoms with Crippen molar-refractivity contribution in [2.45, 2.75) is 25.2 Å². The van der Waals surface area contributed by atoms with Crippen LogP contribution in [-0.2, 0) is 6.18 Å². The highest BCUT2D eigenvalue weighted by molar-refractivity contribution is 7.99. The molecule has 0 radical (unpaired) electrons. The number of amides is 2. The van der Waals surface area contributed by atoms with Crippen molar-refractivity contribution in [1.29, 1.82) is 0 Å². The van der Waals surface area contributed by atoms with Gasteiger partial charge in [-0.2, -0.15) is 13.2 Å². The molecule has 3 aromatic carbocycles. The van der Waals surface area contributed by atoms with Gasteiger partial charge >= 0.3 is 12.2 Å². The number of alkyl halides is 3. The van der Waals surface area contributed by atoms with Crippen LogP contribution >= 0.6 is 11.8 Å². The third kappa shape index (κ3) is 6.48. The second-order valence-electron chi connectivity index (χ2n) is 8.31. The van der Waals surface area contributed by atoms with Gasteiger partial charge in [0.25, 0.3) is 0 Å². The van der Waals surface area contributed by atoms with Gasteiger partial charge in [0.2, 0.25) is 0 Å². The Kier molecular flexibility index (Phi) is 7.69. The van der Waals surface area contributed by atoms with Gasteiger partial charge < -0.3 is 15.6 Å². The van der Waals surface area contributed by atoms with Crippen LogP contribution in [0, 0.1) is 13.8 Å². The van der Waals surface area contributed by atoms with Crippen molar-refractivity contribution in [3.8, 4) is 22.5 Å². The molecule has 186 valence electrons. The van der Waals surface area contributed by atoms with Crippen molar-refractivity contribution >= 4 is 23.5 Å². The predicted octanol–water partition coefficient (Wildman–Crippen LogP) is 7.29. The summed E-state index contributed by atoms with van der Waals surface area (Å²) in [4.78, 5) is 20.3. The van der Waals surface area contributed by atoms with Crippen LogP contribution in [0.25, 0.3) is 22.5 Å². The number of urea groups is 1. The van der Waals surface area contributed by atoms with Gasteiger partial charge in [-0.1, -0.05) is 77.5 Å². The Morgan fingerprint density at radius 2 is 1.58 bits per heavy atom. The SMILES string of the molecule is Cc1ccc(-c2nc(SCCNC(=O)Nc3cccc(C(F)(F)F)c3)[nH]c2-c2ccc(C)cc2)cc1. The fraction of sp³-hybridized carbons (Fsp3) is 0.185. The minimum Gasteiger partial charge on any atom is -0.337 e. The van der Waals surface area contributed by atoms with E-state index in [0.29, 0.717) is 17.5 Å². The van der Waals surface area contributed by atoms with Crippen molar-refractivity contribution in [1.82, 2.24) is 15.3 Å². The monoisotopic (exact) mass is 510 g/mol. The van der Waals surface area contributed by atoms with E-state index < -0.39 is 17.8 Å². The molecule has 1 heterocycles. The molecule has 0 unspecified atom stereocenters. The molecule has 4 aromatic rings. The van der Waals surface area contributed by atoms with Crippen LogP contribution in [0.5, 0.6) is 0 Å². The number of benzene rings is 3. The molecular weight excluding hydrogens is 485 g/mol. The summed E-state index contributed by atoms with van der Waals surface area (Å²) in [5, 5.41) is 5.81. The highest BCUT2D eigenvalue weighted by atomic mass is 32.2. The molecule has 36 heavy (non-hydrogen) atoms. The molecule has 0 fully saturated rings. The standard InChI is InChI=1S/C27H25F3N4OS/c1-17-6-10-19(11-7-17)23-24(20-12-8-18(2)9-13-20)34-26(33-23)36-15-14-31-25(35)32-22-5-3-4-21(16-22)27(28,29)30/h3-13,16H,14-15H2,1-2H3,(H,33,34)(H2,31,32,35). The van der Waals surface area contributed by atoms with E-state index >= 15 is 0 Å². The zero-order valence-corrected chi connectivity index (χ0v) is 20.6. The van der Waals surface area contributed by atoms with Crippen LogP contribution in [0.3, 0.4) is 0 Å². The van der Waals surface area contributed by atoms with Gasteiger partial charge in [0, 0.05) is 29.1 Å². The van der Waals surface area contributed by atoms with E-state index in [0.717, 1.165) is 40.2 Å². The number of anilines is 1. The number of aromatic amines is 1. The second-order valence-corrected chi connectivity index (χ2v) is 9.39. The zero-order chi connectivity index (χ0) is 25.7. The number of H-pyrrole nitrogens is 1. The number of imidazole rings is 1. The third-order valence-electron chi connectivity index (χ3n) is 5.42. The van der Waals surface area contributed by atoms with Crippen LogP contribution in [-0.4, -0.2) is 28.3 Å². The van der Waals surface area contributed by atoms with E-state index in [1.807, 2.05) is 38.1 Å². The van der Waals surface area contributed by atoms with Crippen LogP contribution < -0.4 is 10.6 Å². The van der Waals surface area contributed by atoms with Crippen molar-refractivity contribution in [2.75, 3.05) is 17.6 Å². The number of aromatic nitrogens is 2. The minimum absolute atomic E-state index is 0.0755. The molecule has 1 aromatic heterocycles. The first kappa shape index (κ1) is 25.4. The Bertz CT molecular complexity index is 1270. The summed E-state index contributed by atoms with van der Waals surface area (Å²) in [5.41, 5.74) is 5.36. The topological polar surface area (TPSA) is 69.8 Å². The van der Waals surface area contributed by atoms with Crippen LogP contribution in [0.4, 0.5) is 23.7 Å². The van der Waals surface area contributed by atoms with E-state index in [9.17, 15) is 18.0 Å². The van der Waals surface area contributed by atoms with Crippen molar-refractivity contribution in [3.05, 3.63) is 89.5 Å². The molecule has 0 saturated carbocycles. The van der Waals surface area contributed by atoms with Crippen molar-refractivity contribution in [3.63, 3.8) is 0 Å². The minimum atomic E-state index is -4.47. The molecule has 9 heteroatoms. The Balaban J connectivity index is 1.39. The number of hydrogen-bond donors (Lipinski definition) is 3. The summed E-state index contributed by atoms with van der Waals surface area (Å²) in [6.07, 6.45) is -4.47. The van der Waals surface area contributed by atoms with E-state index in [1.54, 1.807) is 0 Å². The fourth-order valence-corrected chi connectivity index (χ4v) is 4.26. The quantitative estimate of drug-likeness (QED) is 0.181. The maximum atomic E-state index is 12.9.